The molecule has 0 aromatic heterocycles. The summed E-state index contributed by atoms with van der Waals surface area (Å²) in [6, 6.07) is 4.69. The molecule has 0 aliphatic carbocycles. The van der Waals surface area contributed by atoms with E-state index in [1.54, 1.807) is 19.1 Å². The third-order valence-electron chi connectivity index (χ3n) is 3.45. The van der Waals surface area contributed by atoms with Crippen molar-refractivity contribution in [2.24, 2.45) is 0 Å². The zero-order valence-electron chi connectivity index (χ0n) is 12.2. The summed E-state index contributed by atoms with van der Waals surface area (Å²) < 4.78 is 14.2. The van der Waals surface area contributed by atoms with Crippen LogP contribution in [0.15, 0.2) is 18.2 Å². The molecular formula is C15H19FN2OS2. The zero-order chi connectivity index (χ0) is 15.4. The summed E-state index contributed by atoms with van der Waals surface area (Å²) in [5.74, 6) is -0.481. The van der Waals surface area contributed by atoms with Crippen LogP contribution in [0.3, 0.4) is 0 Å². The molecule has 1 unspecified atom stereocenters. The van der Waals surface area contributed by atoms with Gasteiger partial charge in [-0.05, 0) is 44.4 Å². The number of hydrogen-bond donors (Lipinski definition) is 1. The van der Waals surface area contributed by atoms with Gasteiger partial charge < -0.3 is 10.2 Å². The maximum Gasteiger partial charge on any atom is 0.237 e. The molecule has 2 rings (SSSR count). The number of benzene rings is 1. The summed E-state index contributed by atoms with van der Waals surface area (Å²) >= 11 is 6.74. The summed E-state index contributed by atoms with van der Waals surface area (Å²) in [4.78, 5) is 14.3. The van der Waals surface area contributed by atoms with Gasteiger partial charge in [0.25, 0.3) is 0 Å². The Morgan fingerprint density at radius 2 is 2.10 bits per heavy atom. The van der Waals surface area contributed by atoms with Crippen LogP contribution in [-0.2, 0) is 4.79 Å². The van der Waals surface area contributed by atoms with Gasteiger partial charge in [-0.15, -0.1) is 0 Å². The van der Waals surface area contributed by atoms with Gasteiger partial charge in [0.1, 0.15) is 10.1 Å². The average molecular weight is 326 g/mol. The Morgan fingerprint density at radius 1 is 1.43 bits per heavy atom. The molecule has 21 heavy (non-hydrogen) atoms. The fourth-order valence-electron chi connectivity index (χ4n) is 2.09. The summed E-state index contributed by atoms with van der Waals surface area (Å²) in [6.07, 6.45) is 2.31. The van der Waals surface area contributed by atoms with Gasteiger partial charge in [-0.3, -0.25) is 4.79 Å². The molecular weight excluding hydrogens is 307 g/mol. The lowest BCUT2D eigenvalue weighted by Gasteiger charge is -2.20. The second-order valence-electron chi connectivity index (χ2n) is 5.17. The van der Waals surface area contributed by atoms with Crippen LogP contribution in [0, 0.1) is 12.7 Å². The van der Waals surface area contributed by atoms with E-state index in [0.29, 0.717) is 11.3 Å². The van der Waals surface area contributed by atoms with E-state index in [0.717, 1.165) is 30.3 Å². The zero-order valence-corrected chi connectivity index (χ0v) is 13.8. The Morgan fingerprint density at radius 3 is 2.71 bits per heavy atom. The summed E-state index contributed by atoms with van der Waals surface area (Å²) in [5.41, 5.74) is 1.04. The quantitative estimate of drug-likeness (QED) is 0.861. The lowest BCUT2D eigenvalue weighted by molar-refractivity contribution is -0.115. The van der Waals surface area contributed by atoms with Gasteiger partial charge in [0, 0.05) is 18.8 Å². The molecule has 1 amide bonds. The summed E-state index contributed by atoms with van der Waals surface area (Å²) in [6.45, 7) is 5.45. The predicted octanol–water partition coefficient (Wildman–Crippen LogP) is 3.58. The second kappa shape index (κ2) is 7.22. The SMILES string of the molecule is Cc1ccc(NC(=O)C(C)SC(=S)N2CCCC2)cc1F. The number of nitrogens with zero attached hydrogens (tertiary/aromatic N) is 1. The van der Waals surface area contributed by atoms with Gasteiger partial charge in [-0.25, -0.2) is 4.39 Å². The number of thiocarbonyl (C=S) groups is 1. The minimum Gasteiger partial charge on any atom is -0.358 e. The first-order chi connectivity index (χ1) is 9.97. The van der Waals surface area contributed by atoms with Crippen molar-refractivity contribution >= 4 is 39.9 Å². The minimum atomic E-state index is -0.319. The molecule has 1 aliphatic heterocycles. The maximum atomic E-state index is 13.5. The van der Waals surface area contributed by atoms with E-state index in [4.69, 9.17) is 12.2 Å². The van der Waals surface area contributed by atoms with Crippen LogP contribution >= 0.6 is 24.0 Å². The number of amides is 1. The highest BCUT2D eigenvalue weighted by atomic mass is 32.2. The smallest absolute Gasteiger partial charge is 0.237 e. The van der Waals surface area contributed by atoms with Crippen LogP contribution in [0.2, 0.25) is 0 Å². The number of rotatable bonds is 3. The molecule has 3 nitrogen and oxygen atoms in total. The third-order valence-corrected chi connectivity index (χ3v) is 5.02. The van der Waals surface area contributed by atoms with E-state index < -0.39 is 0 Å². The van der Waals surface area contributed by atoms with Crippen molar-refractivity contribution in [3.63, 3.8) is 0 Å². The van der Waals surface area contributed by atoms with Crippen LogP contribution in [-0.4, -0.2) is 33.5 Å². The van der Waals surface area contributed by atoms with Crippen molar-refractivity contribution in [2.75, 3.05) is 18.4 Å². The Bertz CT molecular complexity index is 544. The Labute approximate surface area is 134 Å². The minimum absolute atomic E-state index is 0.162. The van der Waals surface area contributed by atoms with Crippen LogP contribution in [0.25, 0.3) is 0 Å². The lowest BCUT2D eigenvalue weighted by Crippen LogP contribution is -2.29. The largest absolute Gasteiger partial charge is 0.358 e. The molecule has 0 bridgehead atoms. The van der Waals surface area contributed by atoms with Crippen molar-refractivity contribution < 1.29 is 9.18 Å². The van der Waals surface area contributed by atoms with Crippen molar-refractivity contribution in [2.45, 2.75) is 31.9 Å². The van der Waals surface area contributed by atoms with Crippen molar-refractivity contribution in [3.05, 3.63) is 29.6 Å². The standard InChI is InChI=1S/C15H19FN2OS2/c1-10-5-6-12(9-13(10)16)17-14(19)11(2)21-15(20)18-7-3-4-8-18/h5-6,9,11H,3-4,7-8H2,1-2H3,(H,17,19). The monoisotopic (exact) mass is 326 g/mol. The van der Waals surface area contributed by atoms with Crippen LogP contribution in [0.4, 0.5) is 10.1 Å². The van der Waals surface area contributed by atoms with Crippen LogP contribution in [0.1, 0.15) is 25.3 Å². The molecule has 1 atom stereocenters. The number of carbonyl (C=O) groups excluding carboxylic acids is 1. The van der Waals surface area contributed by atoms with E-state index in [9.17, 15) is 9.18 Å². The van der Waals surface area contributed by atoms with E-state index >= 15 is 0 Å². The maximum absolute atomic E-state index is 13.5. The van der Waals surface area contributed by atoms with Crippen molar-refractivity contribution in [1.82, 2.24) is 4.90 Å². The van der Waals surface area contributed by atoms with Gasteiger partial charge in [-0.1, -0.05) is 30.0 Å². The van der Waals surface area contributed by atoms with E-state index in [-0.39, 0.29) is 17.0 Å². The number of carbonyl (C=O) groups is 1. The number of thioether (sulfide) groups is 1. The molecule has 6 heteroatoms. The van der Waals surface area contributed by atoms with E-state index in [1.165, 1.54) is 17.8 Å². The highest BCUT2D eigenvalue weighted by Crippen LogP contribution is 2.22. The van der Waals surface area contributed by atoms with E-state index in [1.807, 2.05) is 6.92 Å². The molecule has 0 radical (unpaired) electrons. The number of anilines is 1. The van der Waals surface area contributed by atoms with Crippen molar-refractivity contribution in [1.29, 1.82) is 0 Å². The van der Waals surface area contributed by atoms with Crippen molar-refractivity contribution in [3.8, 4) is 0 Å². The first-order valence-corrected chi connectivity index (χ1v) is 8.29. The molecule has 0 saturated carbocycles. The second-order valence-corrected chi connectivity index (χ2v) is 7.15. The molecule has 1 heterocycles. The number of nitrogens with one attached hydrogen (secondary N) is 1. The fourth-order valence-corrected chi connectivity index (χ4v) is 3.51. The first-order valence-electron chi connectivity index (χ1n) is 7.00. The topological polar surface area (TPSA) is 32.3 Å². The molecule has 1 saturated heterocycles. The van der Waals surface area contributed by atoms with Crippen LogP contribution in [0.5, 0.6) is 0 Å². The number of aryl methyl sites for hydroxylation is 1. The Hall–Kier alpha value is -1.14. The average Bonchev–Trinajstić information content (AvgIpc) is 2.97. The summed E-state index contributed by atoms with van der Waals surface area (Å²) in [5, 5.41) is 2.42. The molecule has 1 aliphatic rings. The van der Waals surface area contributed by atoms with E-state index in [2.05, 4.69) is 10.2 Å². The highest BCUT2D eigenvalue weighted by molar-refractivity contribution is 8.23. The molecule has 114 valence electrons. The Kier molecular flexibility index (Phi) is 5.58. The third kappa shape index (κ3) is 4.41. The Balaban J connectivity index is 1.89. The molecule has 1 fully saturated rings. The number of halogens is 1. The lowest BCUT2D eigenvalue weighted by atomic mass is 10.2. The number of hydrogen-bond acceptors (Lipinski definition) is 3. The van der Waals surface area contributed by atoms with Gasteiger partial charge in [0.15, 0.2) is 0 Å². The fraction of sp³-hybridized carbons (Fsp3) is 0.467. The summed E-state index contributed by atoms with van der Waals surface area (Å²) in [7, 11) is 0. The van der Waals surface area contributed by atoms with Gasteiger partial charge in [0.2, 0.25) is 5.91 Å². The van der Waals surface area contributed by atoms with Gasteiger partial charge in [0.05, 0.1) is 5.25 Å². The van der Waals surface area contributed by atoms with Gasteiger partial charge in [-0.2, -0.15) is 0 Å². The normalized spacial score (nSPS) is 15.9. The molecule has 1 N–H and O–H groups in total. The molecule has 0 spiro atoms. The first kappa shape index (κ1) is 16.2. The molecule has 1 aromatic rings. The molecule has 1 aromatic carbocycles. The highest BCUT2D eigenvalue weighted by Gasteiger charge is 2.21. The number of likely N-dealkylation sites (tertiary alicyclic amines) is 1. The van der Waals surface area contributed by atoms with Crippen LogP contribution < -0.4 is 5.32 Å². The van der Waals surface area contributed by atoms with Gasteiger partial charge >= 0.3 is 0 Å². The predicted molar refractivity (Wildman–Crippen MR) is 90.2 cm³/mol.